The van der Waals surface area contributed by atoms with Gasteiger partial charge in [-0.25, -0.2) is 4.98 Å². The fourth-order valence-electron chi connectivity index (χ4n) is 2.46. The Bertz CT molecular complexity index is 473. The molecule has 0 aliphatic rings. The van der Waals surface area contributed by atoms with E-state index in [0.717, 1.165) is 17.1 Å². The largest absolute Gasteiger partial charge is 0.297 e. The molecule has 0 spiro atoms. The third-order valence-electron chi connectivity index (χ3n) is 2.95. The Balaban J connectivity index is 2.71. The van der Waals surface area contributed by atoms with Gasteiger partial charge in [0, 0.05) is 17.0 Å². The van der Waals surface area contributed by atoms with E-state index >= 15 is 0 Å². The lowest BCUT2D eigenvalue weighted by atomic mass is 9.97. The first-order chi connectivity index (χ1) is 9.24. The van der Waals surface area contributed by atoms with Crippen LogP contribution in [-0.2, 0) is 0 Å². The summed E-state index contributed by atoms with van der Waals surface area (Å²) in [6.45, 7) is 12.4. The van der Waals surface area contributed by atoms with Gasteiger partial charge in [0.25, 0.3) is 0 Å². The summed E-state index contributed by atoms with van der Waals surface area (Å²) in [6, 6.07) is 6.89. The second-order valence-corrected chi connectivity index (χ2v) is 7.46. The van der Waals surface area contributed by atoms with Crippen LogP contribution >= 0.6 is 11.8 Å². The van der Waals surface area contributed by atoms with Crippen molar-refractivity contribution in [2.45, 2.75) is 69.8 Å². The molecule has 0 saturated heterocycles. The summed E-state index contributed by atoms with van der Waals surface area (Å²) < 4.78 is 0. The van der Waals surface area contributed by atoms with Gasteiger partial charge < -0.3 is 0 Å². The second kappa shape index (κ2) is 7.10. The van der Waals surface area contributed by atoms with Crippen LogP contribution in [0.25, 0.3) is 0 Å². The molecule has 1 aromatic rings. The monoisotopic (exact) mass is 291 g/mol. The molecule has 1 heterocycles. The molecule has 1 N–H and O–H groups in total. The van der Waals surface area contributed by atoms with Crippen LogP contribution in [-0.4, -0.2) is 21.8 Å². The van der Waals surface area contributed by atoms with Crippen LogP contribution in [0, 0.1) is 25.2 Å². The van der Waals surface area contributed by atoms with Crippen LogP contribution < -0.4 is 5.32 Å². The first kappa shape index (κ1) is 17.0. The number of rotatable bonds is 6. The number of hydrogen-bond donors (Lipinski definition) is 1. The van der Waals surface area contributed by atoms with E-state index in [2.05, 4.69) is 56.2 Å². The molecule has 0 amide bonds. The number of nitriles is 1. The highest BCUT2D eigenvalue weighted by Gasteiger charge is 2.27. The summed E-state index contributed by atoms with van der Waals surface area (Å²) in [5.41, 5.74) is 1.79. The first-order valence-corrected chi connectivity index (χ1v) is 7.93. The zero-order valence-corrected chi connectivity index (χ0v) is 14.1. The van der Waals surface area contributed by atoms with Gasteiger partial charge in [-0.15, -0.1) is 11.8 Å². The minimum Gasteiger partial charge on any atom is -0.297 e. The smallest absolute Gasteiger partial charge is 0.105 e. The molecule has 0 radical (unpaired) electrons. The van der Waals surface area contributed by atoms with Crippen LogP contribution in [0.1, 0.15) is 45.4 Å². The highest BCUT2D eigenvalue weighted by atomic mass is 32.2. The van der Waals surface area contributed by atoms with E-state index in [4.69, 9.17) is 0 Å². The third-order valence-corrected chi connectivity index (χ3v) is 3.97. The van der Waals surface area contributed by atoms with Gasteiger partial charge in [0.2, 0.25) is 0 Å². The molecule has 0 aliphatic carbocycles. The average molecular weight is 291 g/mol. The van der Waals surface area contributed by atoms with Gasteiger partial charge in [-0.05, 0) is 58.7 Å². The number of hydrogen-bond acceptors (Lipinski definition) is 4. The standard InChI is InChI=1S/C16H25N3S/c1-11(2)19-16(6,10-17)9-14(5)20-15-8-12(3)7-13(4)18-15/h7-8,11,14,19H,9H2,1-6H3. The summed E-state index contributed by atoms with van der Waals surface area (Å²) in [7, 11) is 0. The number of pyridine rings is 1. The summed E-state index contributed by atoms with van der Waals surface area (Å²) >= 11 is 1.74. The third kappa shape index (κ3) is 5.52. The van der Waals surface area contributed by atoms with Crippen LogP contribution in [0.5, 0.6) is 0 Å². The highest BCUT2D eigenvalue weighted by Crippen LogP contribution is 2.28. The molecular weight excluding hydrogens is 266 g/mol. The highest BCUT2D eigenvalue weighted by molar-refractivity contribution is 7.99. The normalized spacial score (nSPS) is 15.7. The molecule has 3 nitrogen and oxygen atoms in total. The maximum atomic E-state index is 9.40. The Hall–Kier alpha value is -1.05. The topological polar surface area (TPSA) is 48.7 Å². The molecule has 0 aliphatic heterocycles. The van der Waals surface area contributed by atoms with Crippen molar-refractivity contribution >= 4 is 11.8 Å². The molecular formula is C16H25N3S. The molecule has 2 atom stereocenters. The van der Waals surface area contributed by atoms with Gasteiger partial charge in [-0.1, -0.05) is 6.92 Å². The number of nitrogens with one attached hydrogen (secondary N) is 1. The van der Waals surface area contributed by atoms with Crippen molar-refractivity contribution in [1.29, 1.82) is 5.26 Å². The van der Waals surface area contributed by atoms with E-state index in [1.54, 1.807) is 11.8 Å². The number of aromatic nitrogens is 1. The Morgan fingerprint density at radius 2 is 2.00 bits per heavy atom. The zero-order valence-electron chi connectivity index (χ0n) is 13.3. The molecule has 0 bridgehead atoms. The van der Waals surface area contributed by atoms with Gasteiger partial charge in [-0.2, -0.15) is 5.26 Å². The van der Waals surface area contributed by atoms with Crippen LogP contribution in [0.4, 0.5) is 0 Å². The van der Waals surface area contributed by atoms with Crippen molar-refractivity contribution in [3.05, 3.63) is 23.4 Å². The van der Waals surface area contributed by atoms with E-state index in [1.165, 1.54) is 5.56 Å². The van der Waals surface area contributed by atoms with Gasteiger partial charge in [0.15, 0.2) is 0 Å². The lowest BCUT2D eigenvalue weighted by Crippen LogP contribution is -2.46. The Morgan fingerprint density at radius 1 is 1.35 bits per heavy atom. The molecule has 20 heavy (non-hydrogen) atoms. The molecule has 0 aromatic carbocycles. The maximum Gasteiger partial charge on any atom is 0.105 e. The minimum atomic E-state index is -0.487. The van der Waals surface area contributed by atoms with Crippen molar-refractivity contribution in [3.63, 3.8) is 0 Å². The quantitative estimate of drug-likeness (QED) is 0.809. The minimum absolute atomic E-state index is 0.302. The van der Waals surface area contributed by atoms with Crippen molar-refractivity contribution in [1.82, 2.24) is 10.3 Å². The Kier molecular flexibility index (Phi) is 6.04. The molecule has 4 heteroatoms. The van der Waals surface area contributed by atoms with Crippen molar-refractivity contribution in [2.24, 2.45) is 0 Å². The van der Waals surface area contributed by atoms with Crippen LogP contribution in [0.2, 0.25) is 0 Å². The zero-order chi connectivity index (χ0) is 15.3. The first-order valence-electron chi connectivity index (χ1n) is 7.05. The predicted octanol–water partition coefficient (Wildman–Crippen LogP) is 3.85. The number of thioether (sulfide) groups is 1. The van der Waals surface area contributed by atoms with Crippen molar-refractivity contribution in [3.8, 4) is 6.07 Å². The molecule has 0 fully saturated rings. The van der Waals surface area contributed by atoms with Crippen LogP contribution in [0.3, 0.4) is 0 Å². The molecule has 1 aromatic heterocycles. The summed E-state index contributed by atoms with van der Waals surface area (Å²) in [4.78, 5) is 4.55. The van der Waals surface area contributed by atoms with E-state index in [9.17, 15) is 5.26 Å². The second-order valence-electron chi connectivity index (χ2n) is 6.00. The van der Waals surface area contributed by atoms with Gasteiger partial charge >= 0.3 is 0 Å². The predicted molar refractivity (Wildman–Crippen MR) is 85.9 cm³/mol. The average Bonchev–Trinajstić information content (AvgIpc) is 2.25. The van der Waals surface area contributed by atoms with Crippen molar-refractivity contribution < 1.29 is 0 Å². The Morgan fingerprint density at radius 3 is 2.50 bits per heavy atom. The molecule has 0 saturated carbocycles. The van der Waals surface area contributed by atoms with Crippen molar-refractivity contribution in [2.75, 3.05) is 0 Å². The number of nitrogens with zero attached hydrogens (tertiary/aromatic N) is 2. The van der Waals surface area contributed by atoms with Gasteiger partial charge in [0.05, 0.1) is 11.1 Å². The molecule has 110 valence electrons. The van der Waals surface area contributed by atoms with E-state index in [1.807, 2.05) is 13.8 Å². The number of aryl methyl sites for hydroxylation is 2. The van der Waals surface area contributed by atoms with Crippen LogP contribution in [0.15, 0.2) is 17.2 Å². The van der Waals surface area contributed by atoms with Gasteiger partial charge in [-0.3, -0.25) is 5.32 Å². The maximum absolute atomic E-state index is 9.40. The molecule has 1 rings (SSSR count). The summed E-state index contributed by atoms with van der Waals surface area (Å²) in [5.74, 6) is 0. The van der Waals surface area contributed by atoms with Gasteiger partial charge in [0.1, 0.15) is 5.54 Å². The Labute approximate surface area is 127 Å². The lowest BCUT2D eigenvalue weighted by Gasteiger charge is -2.28. The fourth-order valence-corrected chi connectivity index (χ4v) is 3.74. The summed E-state index contributed by atoms with van der Waals surface area (Å²) in [6.07, 6.45) is 0.793. The lowest BCUT2D eigenvalue weighted by molar-refractivity contribution is 0.382. The van der Waals surface area contributed by atoms with E-state index in [-0.39, 0.29) is 0 Å². The SMILES string of the molecule is Cc1cc(C)nc(SC(C)CC(C)(C#N)NC(C)C)c1. The fraction of sp³-hybridized carbons (Fsp3) is 0.625. The van der Waals surface area contributed by atoms with E-state index in [0.29, 0.717) is 11.3 Å². The van der Waals surface area contributed by atoms with E-state index < -0.39 is 5.54 Å². The molecule has 2 unspecified atom stereocenters. The summed E-state index contributed by atoms with van der Waals surface area (Å²) in [5, 5.41) is 14.1.